The molecular formula is C12H17BrN2O. The Balaban J connectivity index is 2.40. The zero-order valence-electron chi connectivity index (χ0n) is 9.80. The summed E-state index contributed by atoms with van der Waals surface area (Å²) in [5.74, 6) is -0.00424. The van der Waals surface area contributed by atoms with E-state index in [1.54, 1.807) is 0 Å². The smallest absolute Gasteiger partial charge is 0.239 e. The van der Waals surface area contributed by atoms with Gasteiger partial charge in [-0.2, -0.15) is 0 Å². The van der Waals surface area contributed by atoms with Crippen molar-refractivity contribution in [2.75, 3.05) is 11.9 Å². The van der Waals surface area contributed by atoms with Crippen LogP contribution in [-0.2, 0) is 4.79 Å². The molecule has 0 radical (unpaired) electrons. The molecule has 0 aliphatic carbocycles. The third kappa shape index (κ3) is 5.16. The quantitative estimate of drug-likeness (QED) is 0.896. The molecule has 1 aromatic rings. The molecule has 0 aliphatic heterocycles. The van der Waals surface area contributed by atoms with Crippen LogP contribution in [0.15, 0.2) is 28.7 Å². The topological polar surface area (TPSA) is 41.1 Å². The van der Waals surface area contributed by atoms with Crippen molar-refractivity contribution in [3.05, 3.63) is 28.7 Å². The van der Waals surface area contributed by atoms with Crippen LogP contribution in [0.1, 0.15) is 20.8 Å². The zero-order chi connectivity index (χ0) is 12.2. The number of carbonyl (C=O) groups is 1. The number of hydrogen-bond acceptors (Lipinski definition) is 2. The van der Waals surface area contributed by atoms with Crippen molar-refractivity contribution in [1.29, 1.82) is 0 Å². The Morgan fingerprint density at radius 1 is 1.25 bits per heavy atom. The molecule has 1 aromatic carbocycles. The minimum atomic E-state index is -0.182. The van der Waals surface area contributed by atoms with E-state index in [9.17, 15) is 4.79 Å². The minimum Gasteiger partial charge on any atom is -0.376 e. The highest BCUT2D eigenvalue weighted by Gasteiger charge is 2.12. The maximum atomic E-state index is 11.5. The number of benzene rings is 1. The summed E-state index contributed by atoms with van der Waals surface area (Å²) in [6, 6.07) is 7.72. The summed E-state index contributed by atoms with van der Waals surface area (Å²) >= 11 is 3.36. The average molecular weight is 285 g/mol. The third-order valence-electron chi connectivity index (χ3n) is 1.81. The lowest BCUT2D eigenvalue weighted by atomic mass is 10.1. The fourth-order valence-electron chi connectivity index (χ4n) is 1.21. The Hall–Kier alpha value is -1.03. The first-order valence-electron chi connectivity index (χ1n) is 5.17. The Kier molecular flexibility index (Phi) is 4.35. The average Bonchev–Trinajstić information content (AvgIpc) is 2.14. The fraction of sp³-hybridized carbons (Fsp3) is 0.417. The predicted molar refractivity (Wildman–Crippen MR) is 70.5 cm³/mol. The molecule has 0 saturated carbocycles. The molecule has 16 heavy (non-hydrogen) atoms. The molecule has 0 saturated heterocycles. The second-order valence-electron chi connectivity index (χ2n) is 4.66. The van der Waals surface area contributed by atoms with Crippen LogP contribution in [0.5, 0.6) is 0 Å². The molecule has 0 aliphatic rings. The first kappa shape index (κ1) is 13.0. The van der Waals surface area contributed by atoms with Crippen molar-refractivity contribution in [3.8, 4) is 0 Å². The van der Waals surface area contributed by atoms with Crippen molar-refractivity contribution < 1.29 is 4.79 Å². The van der Waals surface area contributed by atoms with Gasteiger partial charge in [0.05, 0.1) is 6.54 Å². The third-order valence-corrected chi connectivity index (χ3v) is 2.34. The van der Waals surface area contributed by atoms with Gasteiger partial charge in [0.25, 0.3) is 0 Å². The highest BCUT2D eigenvalue weighted by Crippen LogP contribution is 2.13. The van der Waals surface area contributed by atoms with Crippen LogP contribution in [-0.4, -0.2) is 18.0 Å². The molecule has 3 nitrogen and oxygen atoms in total. The van der Waals surface area contributed by atoms with Gasteiger partial charge < -0.3 is 10.6 Å². The van der Waals surface area contributed by atoms with Gasteiger partial charge in [-0.25, -0.2) is 0 Å². The largest absolute Gasteiger partial charge is 0.376 e. The molecule has 88 valence electrons. The molecule has 4 heteroatoms. The molecule has 2 N–H and O–H groups in total. The summed E-state index contributed by atoms with van der Waals surface area (Å²) < 4.78 is 1.03. The van der Waals surface area contributed by atoms with Gasteiger partial charge in [-0.05, 0) is 45.0 Å². The second-order valence-corrected chi connectivity index (χ2v) is 5.57. The number of rotatable bonds is 3. The van der Waals surface area contributed by atoms with Gasteiger partial charge in [-0.3, -0.25) is 4.79 Å². The van der Waals surface area contributed by atoms with E-state index in [1.807, 2.05) is 45.0 Å². The maximum Gasteiger partial charge on any atom is 0.239 e. The van der Waals surface area contributed by atoms with Gasteiger partial charge in [-0.15, -0.1) is 0 Å². The van der Waals surface area contributed by atoms with E-state index in [-0.39, 0.29) is 11.4 Å². The number of nitrogens with one attached hydrogen (secondary N) is 2. The second kappa shape index (κ2) is 5.34. The molecule has 0 fully saturated rings. The lowest BCUT2D eigenvalue weighted by Crippen LogP contribution is -2.43. The van der Waals surface area contributed by atoms with Crippen LogP contribution in [0, 0.1) is 0 Å². The highest BCUT2D eigenvalue weighted by molar-refractivity contribution is 9.10. The molecule has 0 atom stereocenters. The van der Waals surface area contributed by atoms with Gasteiger partial charge in [0, 0.05) is 15.7 Å². The Labute approximate surface area is 105 Å². The number of halogens is 1. The van der Waals surface area contributed by atoms with Crippen LogP contribution in [0.2, 0.25) is 0 Å². The van der Waals surface area contributed by atoms with E-state index in [4.69, 9.17) is 0 Å². The van der Waals surface area contributed by atoms with Crippen molar-refractivity contribution in [1.82, 2.24) is 5.32 Å². The first-order valence-corrected chi connectivity index (χ1v) is 5.96. The standard InChI is InChI=1S/C12H17BrN2O/c1-12(2,3)15-11(16)8-14-10-6-4-9(13)5-7-10/h4-7,14H,8H2,1-3H3,(H,15,16). The molecule has 0 bridgehead atoms. The summed E-state index contributed by atoms with van der Waals surface area (Å²) in [7, 11) is 0. The molecule has 0 spiro atoms. The first-order chi connectivity index (χ1) is 7.37. The summed E-state index contributed by atoms with van der Waals surface area (Å²) in [5.41, 5.74) is 0.755. The lowest BCUT2D eigenvalue weighted by molar-refractivity contribution is -0.120. The van der Waals surface area contributed by atoms with E-state index in [1.165, 1.54) is 0 Å². The van der Waals surface area contributed by atoms with E-state index in [2.05, 4.69) is 26.6 Å². The summed E-state index contributed by atoms with van der Waals surface area (Å²) in [4.78, 5) is 11.5. The van der Waals surface area contributed by atoms with E-state index < -0.39 is 0 Å². The van der Waals surface area contributed by atoms with Crippen molar-refractivity contribution >= 4 is 27.5 Å². The number of anilines is 1. The molecule has 0 aromatic heterocycles. The van der Waals surface area contributed by atoms with Gasteiger partial charge in [0.1, 0.15) is 0 Å². The maximum absolute atomic E-state index is 11.5. The summed E-state index contributed by atoms with van der Waals surface area (Å²) in [6.45, 7) is 6.18. The van der Waals surface area contributed by atoms with Crippen molar-refractivity contribution in [3.63, 3.8) is 0 Å². The van der Waals surface area contributed by atoms with Crippen molar-refractivity contribution in [2.45, 2.75) is 26.3 Å². The minimum absolute atomic E-state index is 0.00424. The fourth-order valence-corrected chi connectivity index (χ4v) is 1.48. The molecule has 1 amide bonds. The number of amides is 1. The van der Waals surface area contributed by atoms with Crippen LogP contribution in [0.25, 0.3) is 0 Å². The van der Waals surface area contributed by atoms with E-state index >= 15 is 0 Å². The van der Waals surface area contributed by atoms with E-state index in [0.717, 1.165) is 10.2 Å². The highest BCUT2D eigenvalue weighted by atomic mass is 79.9. The number of hydrogen-bond donors (Lipinski definition) is 2. The summed E-state index contributed by atoms with van der Waals surface area (Å²) in [5, 5.41) is 5.95. The zero-order valence-corrected chi connectivity index (χ0v) is 11.4. The molecule has 0 unspecified atom stereocenters. The monoisotopic (exact) mass is 284 g/mol. The predicted octanol–water partition coefficient (Wildman–Crippen LogP) is 2.78. The Morgan fingerprint density at radius 3 is 2.31 bits per heavy atom. The van der Waals surface area contributed by atoms with Crippen LogP contribution >= 0.6 is 15.9 Å². The summed E-state index contributed by atoms with van der Waals surface area (Å²) in [6.07, 6.45) is 0. The Morgan fingerprint density at radius 2 is 1.81 bits per heavy atom. The van der Waals surface area contributed by atoms with Gasteiger partial charge in [0.15, 0.2) is 0 Å². The van der Waals surface area contributed by atoms with Crippen LogP contribution < -0.4 is 10.6 Å². The SMILES string of the molecule is CC(C)(C)NC(=O)CNc1ccc(Br)cc1. The number of carbonyl (C=O) groups excluding carboxylic acids is 1. The normalized spacial score (nSPS) is 11.0. The molecule has 0 heterocycles. The van der Waals surface area contributed by atoms with E-state index in [0.29, 0.717) is 6.54 Å². The lowest BCUT2D eigenvalue weighted by Gasteiger charge is -2.20. The van der Waals surface area contributed by atoms with Crippen LogP contribution in [0.4, 0.5) is 5.69 Å². The van der Waals surface area contributed by atoms with Gasteiger partial charge >= 0.3 is 0 Å². The molecule has 1 rings (SSSR count). The van der Waals surface area contributed by atoms with Gasteiger partial charge in [-0.1, -0.05) is 15.9 Å². The van der Waals surface area contributed by atoms with Crippen molar-refractivity contribution in [2.24, 2.45) is 0 Å². The van der Waals surface area contributed by atoms with Gasteiger partial charge in [0.2, 0.25) is 5.91 Å². The van der Waals surface area contributed by atoms with Crippen LogP contribution in [0.3, 0.4) is 0 Å². The Bertz CT molecular complexity index is 354. The molecular weight excluding hydrogens is 268 g/mol.